The molecule has 144 valence electrons. The van der Waals surface area contributed by atoms with E-state index >= 15 is 0 Å². The van der Waals surface area contributed by atoms with Gasteiger partial charge in [-0.25, -0.2) is 8.42 Å². The van der Waals surface area contributed by atoms with Crippen LogP contribution in [0.2, 0.25) is 0 Å². The van der Waals surface area contributed by atoms with Crippen LogP contribution in [0.5, 0.6) is 0 Å². The van der Waals surface area contributed by atoms with Crippen LogP contribution >= 0.6 is 0 Å². The van der Waals surface area contributed by atoms with E-state index in [0.29, 0.717) is 30.2 Å². The zero-order chi connectivity index (χ0) is 19.6. The molecule has 3 aromatic rings. The third-order valence-corrected chi connectivity index (χ3v) is 6.42. The SMILES string of the molecule is O=C(Nc1cccc(-c2nnco2)c1)c1cccc(S(=O)(=O)N2CCCC2)c1. The maximum absolute atomic E-state index is 12.7. The number of nitrogens with zero attached hydrogens (tertiary/aromatic N) is 3. The molecule has 0 unspecified atom stereocenters. The summed E-state index contributed by atoms with van der Waals surface area (Å²) in [6.07, 6.45) is 2.94. The van der Waals surface area contributed by atoms with Crippen LogP contribution in [0.1, 0.15) is 23.2 Å². The summed E-state index contributed by atoms with van der Waals surface area (Å²) >= 11 is 0. The number of hydrogen-bond donors (Lipinski definition) is 1. The first-order valence-electron chi connectivity index (χ1n) is 8.82. The average Bonchev–Trinajstić information content (AvgIpc) is 3.42. The number of rotatable bonds is 5. The highest BCUT2D eigenvalue weighted by Crippen LogP contribution is 2.23. The summed E-state index contributed by atoms with van der Waals surface area (Å²) in [6, 6.07) is 13.0. The first-order chi connectivity index (χ1) is 13.5. The van der Waals surface area contributed by atoms with Crippen molar-refractivity contribution in [2.24, 2.45) is 0 Å². The van der Waals surface area contributed by atoms with Gasteiger partial charge in [0.25, 0.3) is 5.91 Å². The van der Waals surface area contributed by atoms with Crippen molar-refractivity contribution in [1.29, 1.82) is 0 Å². The van der Waals surface area contributed by atoms with E-state index in [0.717, 1.165) is 12.8 Å². The molecule has 1 aromatic heterocycles. The minimum atomic E-state index is -3.58. The fourth-order valence-corrected chi connectivity index (χ4v) is 4.67. The van der Waals surface area contributed by atoms with Gasteiger partial charge in [-0.1, -0.05) is 12.1 Å². The molecule has 0 radical (unpaired) electrons. The van der Waals surface area contributed by atoms with E-state index in [9.17, 15) is 13.2 Å². The summed E-state index contributed by atoms with van der Waals surface area (Å²) in [5, 5.41) is 10.2. The summed E-state index contributed by atoms with van der Waals surface area (Å²) in [5.41, 5.74) is 1.47. The average molecular weight is 398 g/mol. The van der Waals surface area contributed by atoms with E-state index in [2.05, 4.69) is 15.5 Å². The molecule has 0 atom stereocenters. The topological polar surface area (TPSA) is 105 Å². The maximum Gasteiger partial charge on any atom is 0.255 e. The van der Waals surface area contributed by atoms with Gasteiger partial charge >= 0.3 is 0 Å². The molecule has 0 bridgehead atoms. The molecule has 1 N–H and O–H groups in total. The molecule has 1 aliphatic heterocycles. The van der Waals surface area contributed by atoms with Crippen molar-refractivity contribution in [2.75, 3.05) is 18.4 Å². The lowest BCUT2D eigenvalue weighted by atomic mass is 10.1. The molecule has 1 saturated heterocycles. The summed E-state index contributed by atoms with van der Waals surface area (Å²) in [5.74, 6) is -0.0593. The molecule has 4 rings (SSSR count). The monoisotopic (exact) mass is 398 g/mol. The van der Waals surface area contributed by atoms with E-state index in [4.69, 9.17) is 4.42 Å². The lowest BCUT2D eigenvalue weighted by molar-refractivity contribution is 0.102. The van der Waals surface area contributed by atoms with Crippen molar-refractivity contribution in [2.45, 2.75) is 17.7 Å². The molecular weight excluding hydrogens is 380 g/mol. The molecule has 1 amide bonds. The molecule has 8 nitrogen and oxygen atoms in total. The Morgan fingerprint density at radius 2 is 1.86 bits per heavy atom. The summed E-state index contributed by atoms with van der Waals surface area (Å²) in [4.78, 5) is 12.8. The molecule has 9 heteroatoms. The van der Waals surface area contributed by atoms with Gasteiger partial charge < -0.3 is 9.73 Å². The van der Waals surface area contributed by atoms with Gasteiger partial charge in [0.1, 0.15) is 0 Å². The third-order valence-electron chi connectivity index (χ3n) is 4.53. The first-order valence-corrected chi connectivity index (χ1v) is 10.3. The predicted octanol–water partition coefficient (Wildman–Crippen LogP) is 2.77. The van der Waals surface area contributed by atoms with Crippen LogP contribution in [0.4, 0.5) is 5.69 Å². The highest BCUT2D eigenvalue weighted by molar-refractivity contribution is 7.89. The van der Waals surface area contributed by atoms with E-state index in [-0.39, 0.29) is 10.5 Å². The van der Waals surface area contributed by atoms with Crippen LogP contribution in [0.3, 0.4) is 0 Å². The fraction of sp³-hybridized carbons (Fsp3) is 0.211. The van der Waals surface area contributed by atoms with E-state index < -0.39 is 15.9 Å². The minimum Gasteiger partial charge on any atom is -0.423 e. The third kappa shape index (κ3) is 3.67. The Kier molecular flexibility index (Phi) is 4.93. The highest BCUT2D eigenvalue weighted by atomic mass is 32.2. The second-order valence-electron chi connectivity index (χ2n) is 6.42. The number of carbonyl (C=O) groups excluding carboxylic acids is 1. The van der Waals surface area contributed by atoms with Crippen molar-refractivity contribution < 1.29 is 17.6 Å². The lowest BCUT2D eigenvalue weighted by Crippen LogP contribution is -2.28. The smallest absolute Gasteiger partial charge is 0.255 e. The molecule has 0 aliphatic carbocycles. The molecule has 1 fully saturated rings. The largest absolute Gasteiger partial charge is 0.423 e. The van der Waals surface area contributed by atoms with Gasteiger partial charge in [0.2, 0.25) is 22.3 Å². The van der Waals surface area contributed by atoms with E-state index in [1.807, 2.05) is 0 Å². The molecule has 1 aliphatic rings. The van der Waals surface area contributed by atoms with Gasteiger partial charge in [-0.15, -0.1) is 10.2 Å². The molecule has 2 heterocycles. The Hall–Kier alpha value is -3.04. The Morgan fingerprint density at radius 1 is 1.07 bits per heavy atom. The van der Waals surface area contributed by atoms with Crippen molar-refractivity contribution in [3.63, 3.8) is 0 Å². The quantitative estimate of drug-likeness (QED) is 0.708. The summed E-state index contributed by atoms with van der Waals surface area (Å²) in [7, 11) is -3.58. The number of anilines is 1. The fourth-order valence-electron chi connectivity index (χ4n) is 3.11. The predicted molar refractivity (Wildman–Crippen MR) is 102 cm³/mol. The molecule has 0 spiro atoms. The zero-order valence-electron chi connectivity index (χ0n) is 14.9. The molecule has 2 aromatic carbocycles. The number of carbonyl (C=O) groups is 1. The van der Waals surface area contributed by atoms with Crippen LogP contribution in [-0.4, -0.2) is 41.9 Å². The van der Waals surface area contributed by atoms with Crippen molar-refractivity contribution >= 4 is 21.6 Å². The number of hydrogen-bond acceptors (Lipinski definition) is 6. The summed E-state index contributed by atoms with van der Waals surface area (Å²) < 4.78 is 32.0. The summed E-state index contributed by atoms with van der Waals surface area (Å²) in [6.45, 7) is 1.03. The van der Waals surface area contributed by atoms with Crippen LogP contribution in [-0.2, 0) is 10.0 Å². The van der Waals surface area contributed by atoms with Crippen LogP contribution < -0.4 is 5.32 Å². The second kappa shape index (κ2) is 7.53. The standard InChI is InChI=1S/C19H18N4O4S/c24-18(21-16-7-3-6-15(11-16)19-22-20-13-27-19)14-5-4-8-17(12-14)28(25,26)23-9-1-2-10-23/h3-8,11-13H,1-2,9-10H2,(H,21,24). The Bertz CT molecular complexity index is 1090. The zero-order valence-corrected chi connectivity index (χ0v) is 15.7. The normalized spacial score (nSPS) is 14.9. The van der Waals surface area contributed by atoms with Gasteiger partial charge in [-0.3, -0.25) is 4.79 Å². The maximum atomic E-state index is 12.7. The van der Waals surface area contributed by atoms with E-state index in [1.54, 1.807) is 36.4 Å². The van der Waals surface area contributed by atoms with Gasteiger partial charge in [0.05, 0.1) is 4.90 Å². The number of aromatic nitrogens is 2. The van der Waals surface area contributed by atoms with Crippen molar-refractivity contribution in [3.8, 4) is 11.5 Å². The van der Waals surface area contributed by atoms with Crippen molar-refractivity contribution in [1.82, 2.24) is 14.5 Å². The van der Waals surface area contributed by atoms with Crippen molar-refractivity contribution in [3.05, 3.63) is 60.5 Å². The van der Waals surface area contributed by atoms with E-state index in [1.165, 1.54) is 22.8 Å². The Morgan fingerprint density at radius 3 is 2.61 bits per heavy atom. The molecule has 28 heavy (non-hydrogen) atoms. The van der Waals surface area contributed by atoms with Crippen LogP contribution in [0.25, 0.3) is 11.5 Å². The molecular formula is C19H18N4O4S. The number of sulfonamides is 1. The van der Waals surface area contributed by atoms with Gasteiger partial charge in [-0.2, -0.15) is 4.31 Å². The number of nitrogens with one attached hydrogen (secondary N) is 1. The lowest BCUT2D eigenvalue weighted by Gasteiger charge is -2.16. The number of amides is 1. The van der Waals surface area contributed by atoms with Gasteiger partial charge in [0.15, 0.2) is 0 Å². The molecule has 0 saturated carbocycles. The Labute approximate surface area is 162 Å². The highest BCUT2D eigenvalue weighted by Gasteiger charge is 2.27. The van der Waals surface area contributed by atoms with Gasteiger partial charge in [0, 0.05) is 29.9 Å². The Balaban J connectivity index is 1.55. The number of benzene rings is 2. The van der Waals surface area contributed by atoms with Gasteiger partial charge in [-0.05, 0) is 49.2 Å². The van der Waals surface area contributed by atoms with Crippen LogP contribution in [0, 0.1) is 0 Å². The minimum absolute atomic E-state index is 0.127. The first kappa shape index (κ1) is 18.3. The second-order valence-corrected chi connectivity index (χ2v) is 8.36. The van der Waals surface area contributed by atoms with Crippen LogP contribution in [0.15, 0.2) is 64.2 Å².